The lowest BCUT2D eigenvalue weighted by Crippen LogP contribution is -2.42. The number of amides is 1. The highest BCUT2D eigenvalue weighted by Crippen LogP contribution is 2.16. The third-order valence-corrected chi connectivity index (χ3v) is 2.69. The molecule has 1 heterocycles. The van der Waals surface area contributed by atoms with E-state index in [2.05, 4.69) is 11.5 Å². The molecule has 4 nitrogen and oxygen atoms in total. The molecule has 0 aromatic heterocycles. The van der Waals surface area contributed by atoms with Crippen molar-refractivity contribution in [3.8, 4) is 6.19 Å². The fourth-order valence-corrected chi connectivity index (χ4v) is 1.66. The summed E-state index contributed by atoms with van der Waals surface area (Å²) in [4.78, 5) is 13.4. The molecule has 0 aromatic rings. The second-order valence-corrected chi connectivity index (χ2v) is 5.05. The largest absolute Gasteiger partial charge is 0.354 e. The maximum absolute atomic E-state index is 11.6. The lowest BCUT2D eigenvalue weighted by molar-refractivity contribution is -0.128. The summed E-state index contributed by atoms with van der Waals surface area (Å²) in [6, 6.07) is 0.196. The Kier molecular flexibility index (Phi) is 3.57. The Balaban J connectivity index is 2.38. The van der Waals surface area contributed by atoms with Crippen LogP contribution in [0, 0.1) is 16.9 Å². The Morgan fingerprint density at radius 3 is 2.80 bits per heavy atom. The number of nitrogens with zero attached hydrogens (tertiary/aromatic N) is 2. The molecule has 1 atom stereocenters. The summed E-state index contributed by atoms with van der Waals surface area (Å²) in [6.07, 6.45) is 4.20. The minimum absolute atomic E-state index is 0.0484. The molecule has 1 N–H and O–H groups in total. The highest BCUT2D eigenvalue weighted by molar-refractivity contribution is 5.81. The van der Waals surface area contributed by atoms with Crippen molar-refractivity contribution in [3.63, 3.8) is 0 Å². The maximum atomic E-state index is 11.6. The van der Waals surface area contributed by atoms with Gasteiger partial charge in [0.05, 0.1) is 6.04 Å². The molecule has 15 heavy (non-hydrogen) atoms. The van der Waals surface area contributed by atoms with Gasteiger partial charge in [0.1, 0.15) is 0 Å². The van der Waals surface area contributed by atoms with Crippen LogP contribution in [-0.2, 0) is 4.79 Å². The molecule has 1 amide bonds. The van der Waals surface area contributed by atoms with Gasteiger partial charge in [-0.25, -0.2) is 0 Å². The summed E-state index contributed by atoms with van der Waals surface area (Å²) in [5, 5.41) is 11.7. The number of nitrogens with one attached hydrogen (secondary N) is 1. The second-order valence-electron chi connectivity index (χ2n) is 5.05. The van der Waals surface area contributed by atoms with Crippen LogP contribution in [0.5, 0.6) is 0 Å². The standard InChI is InChI=1S/C11H19N3O/c1-11(2,3)10(15)13-7-9-5-4-6-14(9)8-12/h9H,4-7H2,1-3H3,(H,13,15)/t9-/m1/s1. The van der Waals surface area contributed by atoms with Crippen LogP contribution in [0.2, 0.25) is 0 Å². The van der Waals surface area contributed by atoms with Crippen LogP contribution in [0.15, 0.2) is 0 Å². The van der Waals surface area contributed by atoms with Gasteiger partial charge in [0.2, 0.25) is 5.91 Å². The Bertz CT molecular complexity index is 275. The summed E-state index contributed by atoms with van der Waals surface area (Å²) in [7, 11) is 0. The van der Waals surface area contributed by atoms with E-state index in [1.807, 2.05) is 20.8 Å². The molecule has 1 saturated heterocycles. The van der Waals surface area contributed by atoms with Crippen molar-refractivity contribution in [2.45, 2.75) is 39.7 Å². The van der Waals surface area contributed by atoms with Crippen molar-refractivity contribution in [2.24, 2.45) is 5.41 Å². The second kappa shape index (κ2) is 4.52. The average molecular weight is 209 g/mol. The number of hydrogen-bond donors (Lipinski definition) is 1. The summed E-state index contributed by atoms with van der Waals surface area (Å²) in [6.45, 7) is 7.08. The number of carbonyl (C=O) groups is 1. The Labute approximate surface area is 91.2 Å². The lowest BCUT2D eigenvalue weighted by atomic mass is 9.95. The van der Waals surface area contributed by atoms with Gasteiger partial charge in [0, 0.05) is 18.5 Å². The third-order valence-electron chi connectivity index (χ3n) is 2.69. The number of rotatable bonds is 2. The number of likely N-dealkylation sites (tertiary alicyclic amines) is 1. The van der Waals surface area contributed by atoms with Gasteiger partial charge in [-0.2, -0.15) is 5.26 Å². The van der Waals surface area contributed by atoms with Crippen LogP contribution in [0.3, 0.4) is 0 Å². The monoisotopic (exact) mass is 209 g/mol. The zero-order chi connectivity index (χ0) is 11.5. The van der Waals surface area contributed by atoms with E-state index in [1.165, 1.54) is 0 Å². The van der Waals surface area contributed by atoms with Gasteiger partial charge in [-0.3, -0.25) is 4.79 Å². The molecule has 1 aliphatic rings. The molecule has 0 spiro atoms. The topological polar surface area (TPSA) is 56.1 Å². The van der Waals surface area contributed by atoms with Crippen LogP contribution in [0.1, 0.15) is 33.6 Å². The van der Waals surface area contributed by atoms with Crippen molar-refractivity contribution < 1.29 is 4.79 Å². The summed E-state index contributed by atoms with van der Waals surface area (Å²) < 4.78 is 0. The Morgan fingerprint density at radius 1 is 1.60 bits per heavy atom. The maximum Gasteiger partial charge on any atom is 0.225 e. The molecule has 4 heteroatoms. The summed E-state index contributed by atoms with van der Waals surface area (Å²) in [5.41, 5.74) is -0.351. The molecule has 0 bridgehead atoms. The molecule has 1 rings (SSSR count). The van der Waals surface area contributed by atoms with Gasteiger partial charge >= 0.3 is 0 Å². The van der Waals surface area contributed by atoms with Gasteiger partial charge < -0.3 is 10.2 Å². The summed E-state index contributed by atoms with van der Waals surface area (Å²) in [5.74, 6) is 0.0484. The first-order valence-electron chi connectivity index (χ1n) is 5.40. The van der Waals surface area contributed by atoms with Crippen LogP contribution in [0.25, 0.3) is 0 Å². The molecule has 1 aliphatic heterocycles. The lowest BCUT2D eigenvalue weighted by Gasteiger charge is -2.22. The van der Waals surface area contributed by atoms with Crippen molar-refractivity contribution in [1.29, 1.82) is 5.26 Å². The summed E-state index contributed by atoms with van der Waals surface area (Å²) >= 11 is 0. The zero-order valence-corrected chi connectivity index (χ0v) is 9.71. The Hall–Kier alpha value is -1.24. The molecule has 1 fully saturated rings. The molecule has 0 radical (unpaired) electrons. The molecule has 84 valence electrons. The minimum Gasteiger partial charge on any atom is -0.354 e. The normalized spacial score (nSPS) is 21.2. The highest BCUT2D eigenvalue weighted by Gasteiger charge is 2.26. The number of hydrogen-bond acceptors (Lipinski definition) is 3. The van der Waals surface area contributed by atoms with Crippen LogP contribution < -0.4 is 5.32 Å². The first kappa shape index (κ1) is 11.8. The number of nitriles is 1. The smallest absolute Gasteiger partial charge is 0.225 e. The molecule has 0 unspecified atom stereocenters. The van der Waals surface area contributed by atoms with E-state index in [-0.39, 0.29) is 17.4 Å². The SMILES string of the molecule is CC(C)(C)C(=O)NC[C@H]1CCCN1C#N. The van der Waals surface area contributed by atoms with E-state index in [0.717, 1.165) is 19.4 Å². The Morgan fingerprint density at radius 2 is 2.27 bits per heavy atom. The van der Waals surface area contributed by atoms with Gasteiger partial charge in [-0.1, -0.05) is 20.8 Å². The van der Waals surface area contributed by atoms with Gasteiger partial charge in [0.15, 0.2) is 6.19 Å². The quantitative estimate of drug-likeness (QED) is 0.693. The first-order valence-corrected chi connectivity index (χ1v) is 5.40. The first-order chi connectivity index (χ1) is 6.95. The molecule has 0 saturated carbocycles. The van der Waals surface area contributed by atoms with Crippen molar-refractivity contribution in [2.75, 3.05) is 13.1 Å². The van der Waals surface area contributed by atoms with Crippen molar-refractivity contribution >= 4 is 5.91 Å². The van der Waals surface area contributed by atoms with Crippen LogP contribution in [0.4, 0.5) is 0 Å². The van der Waals surface area contributed by atoms with E-state index < -0.39 is 0 Å². The van der Waals surface area contributed by atoms with E-state index >= 15 is 0 Å². The van der Waals surface area contributed by atoms with E-state index in [4.69, 9.17) is 5.26 Å². The van der Waals surface area contributed by atoms with Gasteiger partial charge in [0.25, 0.3) is 0 Å². The van der Waals surface area contributed by atoms with E-state index in [0.29, 0.717) is 6.54 Å². The molecule has 0 aliphatic carbocycles. The van der Waals surface area contributed by atoms with Crippen LogP contribution >= 0.6 is 0 Å². The zero-order valence-electron chi connectivity index (χ0n) is 9.71. The fraction of sp³-hybridized carbons (Fsp3) is 0.818. The van der Waals surface area contributed by atoms with Gasteiger partial charge in [-0.15, -0.1) is 0 Å². The fourth-order valence-electron chi connectivity index (χ4n) is 1.66. The molecular weight excluding hydrogens is 190 g/mol. The molecule has 0 aromatic carbocycles. The van der Waals surface area contributed by atoms with Crippen molar-refractivity contribution in [3.05, 3.63) is 0 Å². The minimum atomic E-state index is -0.351. The van der Waals surface area contributed by atoms with E-state index in [9.17, 15) is 4.79 Å². The molecular formula is C11H19N3O. The predicted octanol–water partition coefficient (Wildman–Crippen LogP) is 1.09. The number of carbonyl (C=O) groups excluding carboxylic acids is 1. The van der Waals surface area contributed by atoms with Crippen LogP contribution in [-0.4, -0.2) is 29.9 Å². The van der Waals surface area contributed by atoms with Crippen molar-refractivity contribution in [1.82, 2.24) is 10.2 Å². The third kappa shape index (κ3) is 3.12. The highest BCUT2D eigenvalue weighted by atomic mass is 16.2. The predicted molar refractivity (Wildman–Crippen MR) is 57.8 cm³/mol. The van der Waals surface area contributed by atoms with E-state index in [1.54, 1.807) is 4.90 Å². The van der Waals surface area contributed by atoms with Gasteiger partial charge in [-0.05, 0) is 12.8 Å². The average Bonchev–Trinajstić information content (AvgIpc) is 2.59.